The SMILES string of the molecule is Cc1cccc(C(CC(=O)O)NC(=O)C2N(C(=O)Cc3cccs3)CCCN2C(=O)c2cccc(F)c2)c1. The van der Waals surface area contributed by atoms with Gasteiger partial charge in [0, 0.05) is 23.5 Å². The Kier molecular flexibility index (Phi) is 8.52. The van der Waals surface area contributed by atoms with Gasteiger partial charge in [-0.05, 0) is 48.6 Å². The van der Waals surface area contributed by atoms with E-state index < -0.39 is 35.8 Å². The number of halogens is 1. The van der Waals surface area contributed by atoms with Crippen molar-refractivity contribution in [2.45, 2.75) is 38.4 Å². The number of rotatable bonds is 8. The fraction of sp³-hybridized carbons (Fsp3) is 0.286. The van der Waals surface area contributed by atoms with Crippen LogP contribution in [-0.4, -0.2) is 57.9 Å². The van der Waals surface area contributed by atoms with Crippen LogP contribution in [0, 0.1) is 12.7 Å². The lowest BCUT2D eigenvalue weighted by Crippen LogP contribution is -2.64. The van der Waals surface area contributed by atoms with E-state index in [0.29, 0.717) is 12.0 Å². The van der Waals surface area contributed by atoms with Crippen LogP contribution in [0.25, 0.3) is 0 Å². The molecule has 2 heterocycles. The Labute approximate surface area is 223 Å². The zero-order chi connectivity index (χ0) is 27.2. The molecular weight excluding hydrogens is 509 g/mol. The number of hydrogen-bond donors (Lipinski definition) is 2. The highest BCUT2D eigenvalue weighted by molar-refractivity contribution is 7.10. The molecule has 2 N–H and O–H groups in total. The van der Waals surface area contributed by atoms with Crippen molar-refractivity contribution >= 4 is 35.0 Å². The molecule has 1 saturated heterocycles. The maximum Gasteiger partial charge on any atom is 0.305 e. The molecule has 2 atom stereocenters. The number of benzene rings is 2. The topological polar surface area (TPSA) is 107 Å². The molecule has 10 heteroatoms. The van der Waals surface area contributed by atoms with E-state index in [1.807, 2.05) is 30.5 Å². The first-order chi connectivity index (χ1) is 18.2. The molecule has 8 nitrogen and oxygen atoms in total. The van der Waals surface area contributed by atoms with Gasteiger partial charge in [-0.3, -0.25) is 19.2 Å². The van der Waals surface area contributed by atoms with Crippen LogP contribution < -0.4 is 5.32 Å². The van der Waals surface area contributed by atoms with Gasteiger partial charge in [0.15, 0.2) is 6.17 Å². The summed E-state index contributed by atoms with van der Waals surface area (Å²) in [6, 6.07) is 15.0. The van der Waals surface area contributed by atoms with Crippen LogP contribution in [0.15, 0.2) is 66.0 Å². The molecule has 2 aromatic carbocycles. The summed E-state index contributed by atoms with van der Waals surface area (Å²) >= 11 is 1.41. The summed E-state index contributed by atoms with van der Waals surface area (Å²) in [6.07, 6.45) is -1.23. The first-order valence-corrected chi connectivity index (χ1v) is 13.1. The minimum absolute atomic E-state index is 0.0520. The lowest BCUT2D eigenvalue weighted by atomic mass is 10.0. The van der Waals surface area contributed by atoms with Gasteiger partial charge in [-0.2, -0.15) is 0 Å². The molecule has 1 fully saturated rings. The number of carbonyl (C=O) groups excluding carboxylic acids is 3. The fourth-order valence-electron chi connectivity index (χ4n) is 4.59. The smallest absolute Gasteiger partial charge is 0.305 e. The number of thiophene rings is 1. The highest BCUT2D eigenvalue weighted by Crippen LogP contribution is 2.24. The van der Waals surface area contributed by atoms with Gasteiger partial charge in [-0.1, -0.05) is 42.0 Å². The van der Waals surface area contributed by atoms with E-state index in [1.165, 1.54) is 39.3 Å². The number of aliphatic carboxylic acids is 1. The maximum atomic E-state index is 13.9. The molecule has 198 valence electrons. The van der Waals surface area contributed by atoms with Gasteiger partial charge >= 0.3 is 5.97 Å². The van der Waals surface area contributed by atoms with Crippen molar-refractivity contribution in [1.29, 1.82) is 0 Å². The Balaban J connectivity index is 1.68. The third-order valence-electron chi connectivity index (χ3n) is 6.32. The van der Waals surface area contributed by atoms with Gasteiger partial charge < -0.3 is 20.2 Å². The van der Waals surface area contributed by atoms with Crippen LogP contribution >= 0.6 is 11.3 Å². The summed E-state index contributed by atoms with van der Waals surface area (Å²) in [7, 11) is 0. The predicted octanol–water partition coefficient (Wildman–Crippen LogP) is 3.77. The molecule has 1 aliphatic heterocycles. The van der Waals surface area contributed by atoms with Crippen molar-refractivity contribution in [3.05, 3.63) is 93.4 Å². The van der Waals surface area contributed by atoms with Gasteiger partial charge in [0.05, 0.1) is 18.9 Å². The molecular formula is C28H28FN3O5S. The number of amides is 3. The minimum atomic E-state index is -1.33. The number of carbonyl (C=O) groups is 4. The Morgan fingerprint density at radius 3 is 2.50 bits per heavy atom. The lowest BCUT2D eigenvalue weighted by molar-refractivity contribution is -0.149. The lowest BCUT2D eigenvalue weighted by Gasteiger charge is -2.43. The Morgan fingerprint density at radius 1 is 1.05 bits per heavy atom. The molecule has 0 saturated carbocycles. The van der Waals surface area contributed by atoms with Crippen molar-refractivity contribution in [1.82, 2.24) is 15.1 Å². The molecule has 0 spiro atoms. The van der Waals surface area contributed by atoms with Gasteiger partial charge in [0.2, 0.25) is 5.91 Å². The summed E-state index contributed by atoms with van der Waals surface area (Å²) < 4.78 is 13.9. The van der Waals surface area contributed by atoms with E-state index in [9.17, 15) is 28.7 Å². The Hall–Kier alpha value is -4.05. The highest BCUT2D eigenvalue weighted by Gasteiger charge is 2.41. The van der Waals surface area contributed by atoms with Crippen molar-refractivity contribution in [2.24, 2.45) is 0 Å². The summed E-state index contributed by atoms with van der Waals surface area (Å²) in [6.45, 7) is 2.27. The number of nitrogens with one attached hydrogen (secondary N) is 1. The minimum Gasteiger partial charge on any atom is -0.481 e. The van der Waals surface area contributed by atoms with E-state index in [1.54, 1.807) is 18.2 Å². The zero-order valence-corrected chi connectivity index (χ0v) is 21.6. The first kappa shape index (κ1) is 27.0. The van der Waals surface area contributed by atoms with Crippen LogP contribution in [0.1, 0.15) is 45.2 Å². The average Bonchev–Trinajstić information content (AvgIpc) is 3.40. The zero-order valence-electron chi connectivity index (χ0n) is 20.8. The third kappa shape index (κ3) is 6.44. The number of hydrogen-bond acceptors (Lipinski definition) is 5. The van der Waals surface area contributed by atoms with Crippen molar-refractivity contribution in [2.75, 3.05) is 13.1 Å². The second kappa shape index (κ2) is 12.0. The number of nitrogens with zero attached hydrogens (tertiary/aromatic N) is 2. The predicted molar refractivity (Wildman–Crippen MR) is 140 cm³/mol. The van der Waals surface area contributed by atoms with E-state index in [4.69, 9.17) is 0 Å². The largest absolute Gasteiger partial charge is 0.481 e. The number of carboxylic acids is 1. The molecule has 3 amide bonds. The quantitative estimate of drug-likeness (QED) is 0.455. The molecule has 1 aliphatic rings. The molecule has 38 heavy (non-hydrogen) atoms. The van der Waals surface area contributed by atoms with Gasteiger partial charge in [0.25, 0.3) is 11.8 Å². The van der Waals surface area contributed by atoms with Gasteiger partial charge in [0.1, 0.15) is 5.82 Å². The van der Waals surface area contributed by atoms with Crippen LogP contribution in [0.2, 0.25) is 0 Å². The molecule has 4 rings (SSSR count). The molecule has 2 unspecified atom stereocenters. The normalized spacial score (nSPS) is 16.1. The van der Waals surface area contributed by atoms with Crippen LogP contribution in [0.4, 0.5) is 4.39 Å². The second-order valence-electron chi connectivity index (χ2n) is 9.15. The van der Waals surface area contributed by atoms with Crippen molar-refractivity contribution in [3.8, 4) is 0 Å². The fourth-order valence-corrected chi connectivity index (χ4v) is 5.29. The second-order valence-corrected chi connectivity index (χ2v) is 10.2. The molecule has 0 bridgehead atoms. The van der Waals surface area contributed by atoms with Gasteiger partial charge in [-0.25, -0.2) is 4.39 Å². The average molecular weight is 538 g/mol. The summed E-state index contributed by atoms with van der Waals surface area (Å²) in [5, 5.41) is 14.1. The monoisotopic (exact) mass is 537 g/mol. The van der Waals surface area contributed by atoms with E-state index in [0.717, 1.165) is 16.5 Å². The van der Waals surface area contributed by atoms with Crippen LogP contribution in [0.3, 0.4) is 0 Å². The van der Waals surface area contributed by atoms with Crippen LogP contribution in [-0.2, 0) is 20.8 Å². The summed E-state index contributed by atoms with van der Waals surface area (Å²) in [5.74, 6) is -3.32. The number of carboxylic acid groups (broad SMARTS) is 1. The van der Waals surface area contributed by atoms with E-state index in [-0.39, 0.29) is 37.4 Å². The first-order valence-electron chi connectivity index (χ1n) is 12.2. The molecule has 0 aliphatic carbocycles. The molecule has 1 aromatic heterocycles. The van der Waals surface area contributed by atoms with E-state index >= 15 is 0 Å². The van der Waals surface area contributed by atoms with Gasteiger partial charge in [-0.15, -0.1) is 11.3 Å². The molecule has 3 aromatic rings. The number of aryl methyl sites for hydroxylation is 1. The standard InChI is InChI=1S/C28H28FN3O5S/c1-18-6-2-7-19(14-18)23(17-25(34)35)30-26(36)27-31(24(33)16-22-10-4-13-38-22)11-5-12-32(27)28(37)20-8-3-9-21(29)15-20/h2-4,6-10,13-15,23,27H,5,11-12,16-17H2,1H3,(H,30,36)(H,34,35). The highest BCUT2D eigenvalue weighted by atomic mass is 32.1. The summed E-state index contributed by atoms with van der Waals surface area (Å²) in [5.41, 5.74) is 1.53. The van der Waals surface area contributed by atoms with Crippen molar-refractivity contribution < 1.29 is 28.7 Å². The van der Waals surface area contributed by atoms with Crippen molar-refractivity contribution in [3.63, 3.8) is 0 Å². The Bertz CT molecular complexity index is 1330. The summed E-state index contributed by atoms with van der Waals surface area (Å²) in [4.78, 5) is 55.7. The third-order valence-corrected chi connectivity index (χ3v) is 7.20. The molecule has 0 radical (unpaired) electrons. The maximum absolute atomic E-state index is 13.9. The van der Waals surface area contributed by atoms with Crippen LogP contribution in [0.5, 0.6) is 0 Å². The Morgan fingerprint density at radius 2 is 1.82 bits per heavy atom. The van der Waals surface area contributed by atoms with E-state index in [2.05, 4.69) is 5.32 Å².